The lowest BCUT2D eigenvalue weighted by molar-refractivity contribution is -0.128. The van der Waals surface area contributed by atoms with Crippen LogP contribution < -0.4 is 14.2 Å². The number of carbonyl (C=O) groups is 1. The molecule has 2 aromatic rings. The fourth-order valence-corrected chi connectivity index (χ4v) is 2.34. The Hall–Kier alpha value is -2.46. The summed E-state index contributed by atoms with van der Waals surface area (Å²) in [4.78, 5) is 12.0. The lowest BCUT2D eigenvalue weighted by atomic mass is 10.1. The molecule has 4 nitrogen and oxygen atoms in total. The first-order valence-corrected chi connectivity index (χ1v) is 7.71. The van der Waals surface area contributed by atoms with E-state index in [1.54, 1.807) is 50.6 Å². The highest BCUT2D eigenvalue weighted by molar-refractivity contribution is 6.32. The molecule has 0 spiro atoms. The van der Waals surface area contributed by atoms with Gasteiger partial charge in [-0.2, -0.15) is 0 Å². The van der Waals surface area contributed by atoms with Crippen molar-refractivity contribution in [2.75, 3.05) is 14.2 Å². The van der Waals surface area contributed by atoms with Gasteiger partial charge >= 0.3 is 5.97 Å². The van der Waals surface area contributed by atoms with Crippen molar-refractivity contribution >= 4 is 23.6 Å². The van der Waals surface area contributed by atoms with Crippen molar-refractivity contribution in [2.24, 2.45) is 0 Å². The van der Waals surface area contributed by atoms with E-state index in [9.17, 15) is 4.79 Å². The topological polar surface area (TPSA) is 44.8 Å². The van der Waals surface area contributed by atoms with Crippen molar-refractivity contribution in [1.29, 1.82) is 0 Å². The van der Waals surface area contributed by atoms with Crippen LogP contribution in [0.1, 0.15) is 16.7 Å². The Morgan fingerprint density at radius 1 is 1.00 bits per heavy atom. The molecule has 0 saturated heterocycles. The minimum Gasteiger partial charge on any atom is -0.497 e. The predicted molar refractivity (Wildman–Crippen MR) is 95.1 cm³/mol. The lowest BCUT2D eigenvalue weighted by Crippen LogP contribution is -2.04. The van der Waals surface area contributed by atoms with Crippen LogP contribution in [0.2, 0.25) is 5.02 Å². The molecule has 0 fully saturated rings. The monoisotopic (exact) mass is 346 g/mol. The lowest BCUT2D eigenvalue weighted by Gasteiger charge is -2.08. The molecule has 5 heteroatoms. The van der Waals surface area contributed by atoms with Gasteiger partial charge in [0.1, 0.15) is 17.2 Å². The maximum absolute atomic E-state index is 12.0. The fraction of sp³-hybridized carbons (Fsp3) is 0.211. The number of carbonyl (C=O) groups excluding carboxylic acids is 1. The standard InChI is InChI=1S/C19H19ClO4/c1-12-9-16(10-13(2)19(12)20)24-18(21)8-6-14-5-7-15(22-3)11-17(14)23-4/h5-11H,1-4H3/b8-6+. The van der Waals surface area contributed by atoms with Crippen molar-refractivity contribution in [3.63, 3.8) is 0 Å². The van der Waals surface area contributed by atoms with Crippen molar-refractivity contribution < 1.29 is 19.0 Å². The van der Waals surface area contributed by atoms with Crippen molar-refractivity contribution in [3.8, 4) is 17.2 Å². The number of methoxy groups -OCH3 is 2. The van der Waals surface area contributed by atoms with E-state index in [2.05, 4.69) is 0 Å². The second-order valence-electron chi connectivity index (χ2n) is 5.23. The van der Waals surface area contributed by atoms with Gasteiger partial charge in [-0.05, 0) is 55.3 Å². The largest absolute Gasteiger partial charge is 0.497 e. The van der Waals surface area contributed by atoms with Crippen molar-refractivity contribution in [3.05, 3.63) is 58.1 Å². The normalized spacial score (nSPS) is 10.7. The van der Waals surface area contributed by atoms with Crippen LogP contribution in [-0.4, -0.2) is 20.2 Å². The minimum atomic E-state index is -0.478. The minimum absolute atomic E-state index is 0.464. The maximum Gasteiger partial charge on any atom is 0.336 e. The molecule has 24 heavy (non-hydrogen) atoms. The molecule has 0 atom stereocenters. The van der Waals surface area contributed by atoms with Crippen molar-refractivity contribution in [2.45, 2.75) is 13.8 Å². The maximum atomic E-state index is 12.0. The molecule has 0 aliphatic carbocycles. The third-order valence-electron chi connectivity index (χ3n) is 3.47. The molecule has 0 aliphatic rings. The molecule has 2 rings (SSSR count). The molecule has 0 radical (unpaired) electrons. The molecular weight excluding hydrogens is 328 g/mol. The number of halogens is 1. The Morgan fingerprint density at radius 2 is 1.67 bits per heavy atom. The highest BCUT2D eigenvalue weighted by Crippen LogP contribution is 2.27. The Labute approximate surface area is 146 Å². The van der Waals surface area contributed by atoms with E-state index in [4.69, 9.17) is 25.8 Å². The summed E-state index contributed by atoms with van der Waals surface area (Å²) in [5.41, 5.74) is 2.47. The number of ether oxygens (including phenoxy) is 3. The smallest absolute Gasteiger partial charge is 0.336 e. The predicted octanol–water partition coefficient (Wildman–Crippen LogP) is 4.59. The average Bonchev–Trinajstić information content (AvgIpc) is 2.57. The number of hydrogen-bond donors (Lipinski definition) is 0. The summed E-state index contributed by atoms with van der Waals surface area (Å²) in [5.74, 6) is 1.27. The fourth-order valence-electron chi connectivity index (χ4n) is 2.23. The van der Waals surface area contributed by atoms with Crippen molar-refractivity contribution in [1.82, 2.24) is 0 Å². The third kappa shape index (κ3) is 4.30. The number of esters is 1. The molecule has 0 saturated carbocycles. The van der Waals surface area contributed by atoms with E-state index in [0.717, 1.165) is 16.7 Å². The van der Waals surface area contributed by atoms with Gasteiger partial charge in [-0.1, -0.05) is 11.6 Å². The van der Waals surface area contributed by atoms with Gasteiger partial charge in [0.25, 0.3) is 0 Å². The second-order valence-corrected chi connectivity index (χ2v) is 5.61. The van der Waals surface area contributed by atoms with Crippen LogP contribution in [0.4, 0.5) is 0 Å². The second kappa shape index (κ2) is 7.88. The van der Waals surface area contributed by atoms with Gasteiger partial charge in [0.2, 0.25) is 0 Å². The highest BCUT2D eigenvalue weighted by atomic mass is 35.5. The molecule has 0 unspecified atom stereocenters. The van der Waals surface area contributed by atoms with Gasteiger partial charge in [-0.15, -0.1) is 0 Å². The first kappa shape index (κ1) is 17.9. The zero-order valence-electron chi connectivity index (χ0n) is 14.1. The van der Waals surface area contributed by atoms with Gasteiger partial charge in [-0.3, -0.25) is 0 Å². The quantitative estimate of drug-likeness (QED) is 0.451. The van der Waals surface area contributed by atoms with E-state index in [1.165, 1.54) is 6.08 Å². The Kier molecular flexibility index (Phi) is 5.88. The SMILES string of the molecule is COc1ccc(/C=C/C(=O)Oc2cc(C)c(Cl)c(C)c2)c(OC)c1. The first-order valence-electron chi connectivity index (χ1n) is 7.33. The van der Waals surface area contributed by atoms with Gasteiger partial charge in [-0.25, -0.2) is 4.79 Å². The van der Waals surface area contributed by atoms with Crippen LogP contribution in [0.5, 0.6) is 17.2 Å². The molecule has 0 N–H and O–H groups in total. The van der Waals surface area contributed by atoms with E-state index in [1.807, 2.05) is 13.8 Å². The Morgan fingerprint density at radius 3 is 2.25 bits per heavy atom. The number of hydrogen-bond acceptors (Lipinski definition) is 4. The van der Waals surface area contributed by atoms with Gasteiger partial charge in [0, 0.05) is 22.7 Å². The van der Waals surface area contributed by atoms with Crippen LogP contribution in [0.3, 0.4) is 0 Å². The third-order valence-corrected chi connectivity index (χ3v) is 4.06. The molecule has 126 valence electrons. The number of benzene rings is 2. The summed E-state index contributed by atoms with van der Waals surface area (Å²) in [5, 5.41) is 0.674. The summed E-state index contributed by atoms with van der Waals surface area (Å²) < 4.78 is 15.7. The molecule has 0 heterocycles. The van der Waals surface area contributed by atoms with E-state index in [-0.39, 0.29) is 0 Å². The Bertz CT molecular complexity index is 758. The van der Waals surface area contributed by atoms with E-state index in [0.29, 0.717) is 22.3 Å². The average molecular weight is 347 g/mol. The van der Waals surface area contributed by atoms with Crippen LogP contribution in [0, 0.1) is 13.8 Å². The first-order chi connectivity index (χ1) is 11.4. The summed E-state index contributed by atoms with van der Waals surface area (Å²) >= 11 is 6.11. The van der Waals surface area contributed by atoms with Crippen LogP contribution in [0.15, 0.2) is 36.4 Å². The van der Waals surface area contributed by atoms with Crippen LogP contribution in [0.25, 0.3) is 6.08 Å². The molecule has 0 amide bonds. The zero-order valence-corrected chi connectivity index (χ0v) is 14.8. The van der Waals surface area contributed by atoms with Gasteiger partial charge < -0.3 is 14.2 Å². The van der Waals surface area contributed by atoms with E-state index >= 15 is 0 Å². The van der Waals surface area contributed by atoms with Crippen LogP contribution >= 0.6 is 11.6 Å². The summed E-state index contributed by atoms with van der Waals surface area (Å²) in [6.45, 7) is 3.73. The molecule has 0 aliphatic heterocycles. The molecule has 0 bridgehead atoms. The summed E-state index contributed by atoms with van der Waals surface area (Å²) in [7, 11) is 3.14. The van der Waals surface area contributed by atoms with Crippen LogP contribution in [-0.2, 0) is 4.79 Å². The summed E-state index contributed by atoms with van der Waals surface area (Å²) in [6.07, 6.45) is 2.99. The van der Waals surface area contributed by atoms with E-state index < -0.39 is 5.97 Å². The zero-order chi connectivity index (χ0) is 17.7. The molecule has 2 aromatic carbocycles. The van der Waals surface area contributed by atoms with Gasteiger partial charge in [0.05, 0.1) is 14.2 Å². The number of rotatable bonds is 5. The Balaban J connectivity index is 2.14. The van der Waals surface area contributed by atoms with Gasteiger partial charge in [0.15, 0.2) is 0 Å². The molecule has 0 aromatic heterocycles. The summed E-state index contributed by atoms with van der Waals surface area (Å²) in [6, 6.07) is 8.80. The number of aryl methyl sites for hydroxylation is 2. The highest BCUT2D eigenvalue weighted by Gasteiger charge is 2.07. The molecular formula is C19H19ClO4.